The van der Waals surface area contributed by atoms with Gasteiger partial charge < -0.3 is 10.4 Å². The summed E-state index contributed by atoms with van der Waals surface area (Å²) in [5.41, 5.74) is 2.26. The first-order valence-corrected chi connectivity index (χ1v) is 8.08. The van der Waals surface area contributed by atoms with E-state index in [-0.39, 0.29) is 18.9 Å². The van der Waals surface area contributed by atoms with Crippen molar-refractivity contribution in [1.82, 2.24) is 10.7 Å². The van der Waals surface area contributed by atoms with Gasteiger partial charge in [0, 0.05) is 0 Å². The van der Waals surface area contributed by atoms with Crippen molar-refractivity contribution in [3.05, 3.63) is 0 Å². The lowest BCUT2D eigenvalue weighted by atomic mass is 9.95. The monoisotopic (exact) mass is 325 g/mol. The molecule has 124 valence electrons. The van der Waals surface area contributed by atoms with E-state index in [1.165, 1.54) is 0 Å². The third kappa shape index (κ3) is 7.60. The van der Waals surface area contributed by atoms with Crippen LogP contribution < -0.4 is 16.6 Å². The summed E-state index contributed by atoms with van der Waals surface area (Å²) in [5.74, 6) is 2.96. The number of carbonyl (C=O) groups is 2. The molecule has 0 radical (unpaired) electrons. The molecule has 0 spiro atoms. The van der Waals surface area contributed by atoms with Gasteiger partial charge in [-0.25, -0.2) is 5.43 Å². The Morgan fingerprint density at radius 3 is 2.19 bits per heavy atom. The van der Waals surface area contributed by atoms with Crippen molar-refractivity contribution in [3.63, 3.8) is 0 Å². The molecule has 0 aliphatic carbocycles. The van der Waals surface area contributed by atoms with E-state index >= 15 is 0 Å². The maximum Gasteiger partial charge on any atom is 0.264 e. The second-order valence-corrected chi connectivity index (χ2v) is 6.52. The van der Waals surface area contributed by atoms with E-state index in [1.807, 2.05) is 0 Å². The van der Waals surface area contributed by atoms with Crippen molar-refractivity contribution in [2.45, 2.75) is 32.4 Å². The number of hydrogen-bond acceptors (Lipinski definition) is 8. The Labute approximate surface area is 124 Å². The third-order valence-electron chi connectivity index (χ3n) is 2.84. The van der Waals surface area contributed by atoms with Gasteiger partial charge in [0.2, 0.25) is 11.6 Å². The fourth-order valence-corrected chi connectivity index (χ4v) is 2.18. The Kier molecular flexibility index (Phi) is 8.78. The van der Waals surface area contributed by atoms with Gasteiger partial charge in [-0.05, 0) is 18.9 Å². The maximum atomic E-state index is 11.9. The van der Waals surface area contributed by atoms with E-state index in [0.717, 1.165) is 0 Å². The normalized spacial score (nSPS) is 15.0. The maximum absolute atomic E-state index is 11.9. The minimum absolute atomic E-state index is 0.0412. The van der Waals surface area contributed by atoms with Crippen LogP contribution in [0.5, 0.6) is 0 Å². The van der Waals surface area contributed by atoms with Gasteiger partial charge in [-0.3, -0.25) is 20.0 Å². The lowest BCUT2D eigenvalue weighted by molar-refractivity contribution is -0.140. The molecule has 0 amide bonds. The number of aliphatic hydroxyl groups is 1. The summed E-state index contributed by atoms with van der Waals surface area (Å²) in [6.45, 7) is 2.87. The van der Waals surface area contributed by atoms with Gasteiger partial charge in [0.25, 0.3) is 10.1 Å². The van der Waals surface area contributed by atoms with Crippen molar-refractivity contribution < 1.29 is 27.7 Å². The number of Topliss-reactive ketones (excluding diaryl/α,β-unsaturated/α-hetero) is 2. The molecule has 6 N–H and O–H groups in total. The Bertz CT molecular complexity index is 451. The zero-order valence-corrected chi connectivity index (χ0v) is 12.9. The topological polar surface area (TPSA) is 159 Å². The zero-order valence-electron chi connectivity index (χ0n) is 12.1. The van der Waals surface area contributed by atoms with Crippen LogP contribution >= 0.6 is 0 Å². The highest BCUT2D eigenvalue weighted by Crippen LogP contribution is 2.04. The van der Waals surface area contributed by atoms with Crippen molar-refractivity contribution in [2.24, 2.45) is 11.8 Å². The number of carbonyl (C=O) groups excluding carboxylic acids is 2. The lowest BCUT2D eigenvalue weighted by Gasteiger charge is -2.21. The van der Waals surface area contributed by atoms with Crippen LogP contribution in [0.3, 0.4) is 0 Å². The molecule has 10 heteroatoms. The van der Waals surface area contributed by atoms with E-state index in [9.17, 15) is 18.0 Å². The molecule has 0 saturated heterocycles. The van der Waals surface area contributed by atoms with Crippen molar-refractivity contribution >= 4 is 21.7 Å². The second-order valence-electron chi connectivity index (χ2n) is 4.95. The van der Waals surface area contributed by atoms with Crippen LogP contribution in [-0.4, -0.2) is 60.6 Å². The smallest absolute Gasteiger partial charge is 0.264 e. The van der Waals surface area contributed by atoms with Gasteiger partial charge in [-0.2, -0.15) is 8.42 Å². The SMILES string of the molecule is CC(C)[C@H](NN)C(=O)C(=O)[C@H](CO)NCCCS(=O)(=O)O. The summed E-state index contributed by atoms with van der Waals surface area (Å²) in [5, 5.41) is 11.7. The van der Waals surface area contributed by atoms with E-state index < -0.39 is 46.1 Å². The fraction of sp³-hybridized carbons (Fsp3) is 0.818. The lowest BCUT2D eigenvalue weighted by Crippen LogP contribution is -2.53. The number of ketones is 2. The molecular formula is C11H23N3O6S. The van der Waals surface area contributed by atoms with Crippen molar-refractivity contribution in [3.8, 4) is 0 Å². The van der Waals surface area contributed by atoms with Gasteiger partial charge in [-0.15, -0.1) is 0 Å². The van der Waals surface area contributed by atoms with Crippen molar-refractivity contribution in [1.29, 1.82) is 0 Å². The fourth-order valence-electron chi connectivity index (χ4n) is 1.67. The Morgan fingerprint density at radius 1 is 1.24 bits per heavy atom. The number of hydrazine groups is 1. The van der Waals surface area contributed by atoms with Crippen LogP contribution in [0.4, 0.5) is 0 Å². The molecule has 0 aliphatic rings. The molecule has 0 bridgehead atoms. The predicted molar refractivity (Wildman–Crippen MR) is 75.9 cm³/mol. The molecule has 2 atom stereocenters. The summed E-state index contributed by atoms with van der Waals surface area (Å²) < 4.78 is 29.6. The largest absolute Gasteiger partial charge is 0.394 e. The summed E-state index contributed by atoms with van der Waals surface area (Å²) in [6, 6.07) is -1.99. The summed E-state index contributed by atoms with van der Waals surface area (Å²) in [4.78, 5) is 23.9. The molecule has 0 rings (SSSR count). The zero-order chi connectivity index (χ0) is 16.6. The van der Waals surface area contributed by atoms with Crippen LogP contribution in [0.15, 0.2) is 0 Å². The van der Waals surface area contributed by atoms with Crippen LogP contribution in [0.1, 0.15) is 20.3 Å². The highest BCUT2D eigenvalue weighted by Gasteiger charge is 2.31. The number of rotatable bonds is 11. The van der Waals surface area contributed by atoms with E-state index in [1.54, 1.807) is 13.8 Å². The summed E-state index contributed by atoms with van der Waals surface area (Å²) >= 11 is 0. The van der Waals surface area contributed by atoms with E-state index in [4.69, 9.17) is 15.5 Å². The van der Waals surface area contributed by atoms with Gasteiger partial charge in [0.15, 0.2) is 0 Å². The number of hydrogen-bond donors (Lipinski definition) is 5. The van der Waals surface area contributed by atoms with Gasteiger partial charge in [-0.1, -0.05) is 13.8 Å². The number of nitrogens with two attached hydrogens (primary N) is 1. The highest BCUT2D eigenvalue weighted by molar-refractivity contribution is 7.85. The quantitative estimate of drug-likeness (QED) is 0.0937. The second kappa shape index (κ2) is 9.18. The standard InChI is InChI=1S/C11H23N3O6S/c1-7(2)9(14-12)11(17)10(16)8(6-15)13-4-3-5-21(18,19)20/h7-9,13-15H,3-6,12H2,1-2H3,(H,18,19,20)/t8-,9-/m0/s1. The van der Waals surface area contributed by atoms with Crippen LogP contribution in [-0.2, 0) is 19.7 Å². The first kappa shape index (κ1) is 20.1. The van der Waals surface area contributed by atoms with Gasteiger partial charge >= 0.3 is 0 Å². The van der Waals surface area contributed by atoms with E-state index in [2.05, 4.69) is 10.7 Å². The Morgan fingerprint density at radius 2 is 1.81 bits per heavy atom. The predicted octanol–water partition coefficient (Wildman–Crippen LogP) is -2.16. The van der Waals surface area contributed by atoms with Crippen LogP contribution in [0.2, 0.25) is 0 Å². The molecule has 0 unspecified atom stereocenters. The molecule has 0 heterocycles. The Hall–Kier alpha value is -0.910. The van der Waals surface area contributed by atoms with Crippen LogP contribution in [0.25, 0.3) is 0 Å². The first-order valence-electron chi connectivity index (χ1n) is 6.47. The highest BCUT2D eigenvalue weighted by atomic mass is 32.2. The van der Waals surface area contributed by atoms with Crippen molar-refractivity contribution in [2.75, 3.05) is 18.9 Å². The number of nitrogens with one attached hydrogen (secondary N) is 2. The van der Waals surface area contributed by atoms with E-state index in [0.29, 0.717) is 0 Å². The number of aliphatic hydroxyl groups excluding tert-OH is 1. The first-order chi connectivity index (χ1) is 9.64. The molecule has 21 heavy (non-hydrogen) atoms. The average Bonchev–Trinajstić information content (AvgIpc) is 2.37. The van der Waals surface area contributed by atoms with Crippen LogP contribution in [0, 0.1) is 5.92 Å². The Balaban J connectivity index is 4.51. The summed E-state index contributed by atoms with van der Waals surface area (Å²) in [7, 11) is -4.07. The molecule has 0 aromatic heterocycles. The third-order valence-corrected chi connectivity index (χ3v) is 3.64. The minimum Gasteiger partial charge on any atom is -0.394 e. The van der Waals surface area contributed by atoms with Gasteiger partial charge in [0.05, 0.1) is 24.4 Å². The molecular weight excluding hydrogens is 302 g/mol. The molecule has 0 saturated carbocycles. The summed E-state index contributed by atoms with van der Waals surface area (Å²) in [6.07, 6.45) is 0.0412. The molecule has 0 aromatic carbocycles. The molecule has 0 fully saturated rings. The van der Waals surface area contributed by atoms with Gasteiger partial charge in [0.1, 0.15) is 0 Å². The molecule has 0 aliphatic heterocycles. The average molecular weight is 325 g/mol. The minimum atomic E-state index is -4.07. The molecule has 9 nitrogen and oxygen atoms in total. The molecule has 0 aromatic rings.